The van der Waals surface area contributed by atoms with Gasteiger partial charge in [0, 0.05) is 24.7 Å². The molecule has 1 fully saturated rings. The van der Waals surface area contributed by atoms with Gasteiger partial charge in [0.25, 0.3) is 5.56 Å². The van der Waals surface area contributed by atoms with Crippen molar-refractivity contribution in [3.63, 3.8) is 0 Å². The number of aryl methyl sites for hydroxylation is 2. The second kappa shape index (κ2) is 12.0. The van der Waals surface area contributed by atoms with Crippen LogP contribution in [-0.4, -0.2) is 27.0 Å². The first kappa shape index (κ1) is 26.4. The summed E-state index contributed by atoms with van der Waals surface area (Å²) in [5, 5.41) is 6.41. The molecule has 3 aromatic rings. The van der Waals surface area contributed by atoms with E-state index in [0.29, 0.717) is 30.2 Å². The zero-order chi connectivity index (χ0) is 26.4. The Morgan fingerprint density at radius 2 is 1.57 bits per heavy atom. The van der Waals surface area contributed by atoms with Crippen LogP contribution in [0.2, 0.25) is 0 Å². The van der Waals surface area contributed by atoms with E-state index in [9.17, 15) is 19.2 Å². The summed E-state index contributed by atoms with van der Waals surface area (Å²) in [4.78, 5) is 51.8. The summed E-state index contributed by atoms with van der Waals surface area (Å²) >= 11 is 0. The fourth-order valence-corrected chi connectivity index (χ4v) is 5.16. The van der Waals surface area contributed by atoms with Crippen LogP contribution in [0.1, 0.15) is 62.5 Å². The fourth-order valence-electron chi connectivity index (χ4n) is 5.16. The minimum absolute atomic E-state index is 0.0262. The van der Waals surface area contributed by atoms with E-state index in [0.717, 1.165) is 42.5 Å². The molecule has 0 atom stereocenters. The summed E-state index contributed by atoms with van der Waals surface area (Å²) in [5.74, 6) is -0.312. The number of amides is 2. The summed E-state index contributed by atoms with van der Waals surface area (Å²) in [6.07, 6.45) is 7.08. The molecule has 1 heterocycles. The van der Waals surface area contributed by atoms with Crippen molar-refractivity contribution < 1.29 is 9.59 Å². The topological polar surface area (TPSA) is 102 Å². The lowest BCUT2D eigenvalue weighted by atomic mass is 9.95. The highest BCUT2D eigenvalue weighted by molar-refractivity contribution is 5.93. The molecule has 2 aromatic carbocycles. The molecule has 0 spiro atoms. The van der Waals surface area contributed by atoms with Gasteiger partial charge in [0.1, 0.15) is 6.54 Å². The number of unbranched alkanes of at least 4 members (excludes halogenated alkanes) is 1. The maximum atomic E-state index is 13.4. The first-order valence-electron chi connectivity index (χ1n) is 13.2. The highest BCUT2D eigenvalue weighted by Crippen LogP contribution is 2.20. The molecule has 0 bridgehead atoms. The van der Waals surface area contributed by atoms with Crippen molar-refractivity contribution in [2.75, 3.05) is 5.32 Å². The number of carbonyl (C=O) groups excluding carboxylic acids is 2. The largest absolute Gasteiger partial charge is 0.353 e. The zero-order valence-electron chi connectivity index (χ0n) is 21.7. The molecule has 8 nitrogen and oxygen atoms in total. The van der Waals surface area contributed by atoms with E-state index in [1.807, 2.05) is 32.0 Å². The maximum Gasteiger partial charge on any atom is 0.331 e. The molecule has 2 amide bonds. The predicted octanol–water partition coefficient (Wildman–Crippen LogP) is 4.04. The van der Waals surface area contributed by atoms with Crippen molar-refractivity contribution in [2.45, 2.75) is 84.3 Å². The van der Waals surface area contributed by atoms with E-state index >= 15 is 0 Å². The Bertz CT molecular complexity index is 1380. The lowest BCUT2D eigenvalue weighted by Crippen LogP contribution is -2.42. The second-order valence-electron chi connectivity index (χ2n) is 10.0. The van der Waals surface area contributed by atoms with Gasteiger partial charge in [0.15, 0.2) is 0 Å². The van der Waals surface area contributed by atoms with E-state index in [1.165, 1.54) is 15.6 Å². The Hall–Kier alpha value is -3.68. The smallest absolute Gasteiger partial charge is 0.331 e. The molecule has 1 saturated carbocycles. The normalized spacial score (nSPS) is 14.0. The molecule has 1 aromatic heterocycles. The maximum absolute atomic E-state index is 13.4. The van der Waals surface area contributed by atoms with Gasteiger partial charge in [-0.1, -0.05) is 49.6 Å². The van der Waals surface area contributed by atoms with Crippen molar-refractivity contribution in [3.05, 3.63) is 74.4 Å². The van der Waals surface area contributed by atoms with Gasteiger partial charge in [0.05, 0.1) is 10.9 Å². The lowest BCUT2D eigenvalue weighted by Gasteiger charge is -2.22. The molecule has 8 heteroatoms. The molecule has 0 radical (unpaired) electrons. The summed E-state index contributed by atoms with van der Waals surface area (Å²) in [7, 11) is 0. The molecule has 2 N–H and O–H groups in total. The quantitative estimate of drug-likeness (QED) is 0.430. The number of benzene rings is 2. The first-order chi connectivity index (χ1) is 17.8. The van der Waals surface area contributed by atoms with Crippen molar-refractivity contribution in [3.8, 4) is 0 Å². The van der Waals surface area contributed by atoms with Crippen LogP contribution in [0.5, 0.6) is 0 Å². The molecular weight excluding hydrogens is 468 g/mol. The summed E-state index contributed by atoms with van der Waals surface area (Å²) < 4.78 is 2.54. The van der Waals surface area contributed by atoms with Gasteiger partial charge in [-0.15, -0.1) is 0 Å². The van der Waals surface area contributed by atoms with Crippen molar-refractivity contribution in [2.24, 2.45) is 0 Å². The third-order valence-electron chi connectivity index (χ3n) is 7.19. The number of nitrogens with one attached hydrogen (secondary N) is 2. The van der Waals surface area contributed by atoms with Gasteiger partial charge in [-0.05, 0) is 62.8 Å². The van der Waals surface area contributed by atoms with E-state index < -0.39 is 5.69 Å². The van der Waals surface area contributed by atoms with Crippen molar-refractivity contribution in [1.82, 2.24) is 14.5 Å². The Morgan fingerprint density at radius 3 is 2.30 bits per heavy atom. The summed E-state index contributed by atoms with van der Waals surface area (Å²) in [6, 6.07) is 12.9. The second-order valence-corrected chi connectivity index (χ2v) is 10.0. The molecule has 196 valence electrons. The van der Waals surface area contributed by atoms with Crippen molar-refractivity contribution >= 4 is 28.4 Å². The molecule has 4 rings (SSSR count). The standard InChI is InChI=1S/C29H36N4O4/c1-20-11-10-12-21(2)27(20)31-26(35)19-33-24-16-7-6-15-23(24)28(36)32(29(33)37)18-9-8-17-25(34)30-22-13-4-3-5-14-22/h6-7,10-12,15-16,22H,3-5,8-9,13-14,17-19H2,1-2H3,(H,30,34)(H,31,35). The molecule has 0 aliphatic heterocycles. The summed E-state index contributed by atoms with van der Waals surface area (Å²) in [6.45, 7) is 3.81. The van der Waals surface area contributed by atoms with Crippen LogP contribution in [0.3, 0.4) is 0 Å². The first-order valence-corrected chi connectivity index (χ1v) is 13.2. The Balaban J connectivity index is 1.47. The van der Waals surface area contributed by atoms with Gasteiger partial charge < -0.3 is 10.6 Å². The number of para-hydroxylation sites is 2. The number of rotatable bonds is 9. The number of fused-ring (bicyclic) bond motifs is 1. The molecule has 1 aliphatic rings. The molecule has 37 heavy (non-hydrogen) atoms. The number of aromatic nitrogens is 2. The lowest BCUT2D eigenvalue weighted by molar-refractivity contribution is -0.122. The van der Waals surface area contributed by atoms with Gasteiger partial charge in [-0.3, -0.25) is 23.5 Å². The Kier molecular flexibility index (Phi) is 8.58. The minimum Gasteiger partial charge on any atom is -0.353 e. The van der Waals surface area contributed by atoms with Crippen LogP contribution in [0.4, 0.5) is 5.69 Å². The van der Waals surface area contributed by atoms with Crippen LogP contribution in [0, 0.1) is 13.8 Å². The average Bonchev–Trinajstić information content (AvgIpc) is 2.89. The number of hydrogen-bond acceptors (Lipinski definition) is 4. The SMILES string of the molecule is Cc1cccc(C)c1NC(=O)Cn1c(=O)n(CCCCC(=O)NC2CCCCC2)c(=O)c2ccccc21. The highest BCUT2D eigenvalue weighted by atomic mass is 16.2. The van der Waals surface area contributed by atoms with Crippen LogP contribution in [0.15, 0.2) is 52.1 Å². The predicted molar refractivity (Wildman–Crippen MR) is 146 cm³/mol. The zero-order valence-corrected chi connectivity index (χ0v) is 21.7. The van der Waals surface area contributed by atoms with E-state index in [2.05, 4.69) is 10.6 Å². The molecule has 0 saturated heterocycles. The van der Waals surface area contributed by atoms with Crippen LogP contribution in [-0.2, 0) is 22.7 Å². The highest BCUT2D eigenvalue weighted by Gasteiger charge is 2.17. The van der Waals surface area contributed by atoms with Gasteiger partial charge in [0.2, 0.25) is 11.8 Å². The number of anilines is 1. The Labute approximate surface area is 216 Å². The fraction of sp³-hybridized carbons (Fsp3) is 0.448. The van der Waals surface area contributed by atoms with Crippen LogP contribution < -0.4 is 21.9 Å². The van der Waals surface area contributed by atoms with E-state index in [4.69, 9.17) is 0 Å². The van der Waals surface area contributed by atoms with E-state index in [1.54, 1.807) is 24.3 Å². The van der Waals surface area contributed by atoms with Gasteiger partial charge in [-0.2, -0.15) is 0 Å². The molecular formula is C29H36N4O4. The summed E-state index contributed by atoms with van der Waals surface area (Å²) in [5.41, 5.74) is 2.12. The number of hydrogen-bond donors (Lipinski definition) is 2. The number of carbonyl (C=O) groups is 2. The third-order valence-corrected chi connectivity index (χ3v) is 7.19. The average molecular weight is 505 g/mol. The third kappa shape index (κ3) is 6.37. The van der Waals surface area contributed by atoms with Crippen molar-refractivity contribution in [1.29, 1.82) is 0 Å². The number of nitrogens with zero attached hydrogens (tertiary/aromatic N) is 2. The van der Waals surface area contributed by atoms with E-state index in [-0.39, 0.29) is 36.5 Å². The van der Waals surface area contributed by atoms with Gasteiger partial charge in [-0.25, -0.2) is 4.79 Å². The van der Waals surface area contributed by atoms with Gasteiger partial charge >= 0.3 is 5.69 Å². The van der Waals surface area contributed by atoms with Crippen LogP contribution in [0.25, 0.3) is 10.9 Å². The molecule has 1 aliphatic carbocycles. The Morgan fingerprint density at radius 1 is 0.865 bits per heavy atom. The monoisotopic (exact) mass is 504 g/mol. The van der Waals surface area contributed by atoms with Crippen LogP contribution >= 0.6 is 0 Å². The minimum atomic E-state index is -0.521. The molecule has 0 unspecified atom stereocenters.